The number of anilines is 1. The van der Waals surface area contributed by atoms with Crippen LogP contribution in [0.15, 0.2) is 0 Å². The smallest absolute Gasteiger partial charge is 0.319 e. The number of likely N-dealkylation sites (tertiary alicyclic amines) is 1. The first-order valence-corrected chi connectivity index (χ1v) is 17.9. The standard InChI is InChI=1S/C28H46N6O3Si/c1-6-7-16-37-28-31-25-22(12-8-10-14-33-15-11-9-13-23(33)21(2)35)24(19-29)34(26(25)27(30)32-28)20-36-17-18-38(3,4)5/h23H,6-18,20H2,1-5H3,(H2,30,31,32). The van der Waals surface area contributed by atoms with Crippen LogP contribution in [0.25, 0.3) is 11.0 Å². The van der Waals surface area contributed by atoms with Crippen LogP contribution in [0.5, 0.6) is 6.01 Å². The molecular weight excluding hydrogens is 496 g/mol. The van der Waals surface area contributed by atoms with Crippen LogP contribution in [-0.4, -0.2) is 65.6 Å². The summed E-state index contributed by atoms with van der Waals surface area (Å²) in [4.78, 5) is 23.5. The van der Waals surface area contributed by atoms with Crippen LogP contribution in [-0.2, 0) is 22.7 Å². The van der Waals surface area contributed by atoms with Gasteiger partial charge in [-0.1, -0.05) is 39.4 Å². The molecule has 1 saturated heterocycles. The largest absolute Gasteiger partial charge is 0.463 e. The van der Waals surface area contributed by atoms with Crippen molar-refractivity contribution in [3.63, 3.8) is 0 Å². The Morgan fingerprint density at radius 3 is 2.66 bits per heavy atom. The number of aryl methyl sites for hydroxylation is 1. The second kappa shape index (κ2) is 14.1. The lowest BCUT2D eigenvalue weighted by atomic mass is 9.98. The van der Waals surface area contributed by atoms with E-state index in [-0.39, 0.29) is 24.6 Å². The number of nitrogen functional groups attached to an aromatic ring is 1. The second-order valence-corrected chi connectivity index (χ2v) is 17.2. The number of unbranched alkanes of at least 4 members (excludes halogenated alkanes) is 2. The lowest BCUT2D eigenvalue weighted by Gasteiger charge is -2.34. The maximum absolute atomic E-state index is 12.1. The topological polar surface area (TPSA) is 119 Å². The first kappa shape index (κ1) is 30.1. The third kappa shape index (κ3) is 8.01. The molecule has 0 bridgehead atoms. The highest BCUT2D eigenvalue weighted by atomic mass is 28.3. The number of ketones is 1. The number of nitrogens with zero attached hydrogens (tertiary/aromatic N) is 5. The van der Waals surface area contributed by atoms with Gasteiger partial charge in [-0.3, -0.25) is 9.69 Å². The number of carbonyl (C=O) groups excluding carboxylic acids is 1. The third-order valence-corrected chi connectivity index (χ3v) is 8.96. The molecule has 0 radical (unpaired) electrons. The van der Waals surface area contributed by atoms with Gasteiger partial charge in [0.05, 0.1) is 12.6 Å². The molecule has 1 aliphatic heterocycles. The highest BCUT2D eigenvalue weighted by Gasteiger charge is 2.26. The van der Waals surface area contributed by atoms with Gasteiger partial charge < -0.3 is 19.8 Å². The summed E-state index contributed by atoms with van der Waals surface area (Å²) in [7, 11) is -1.24. The van der Waals surface area contributed by atoms with E-state index >= 15 is 0 Å². The third-order valence-electron chi connectivity index (χ3n) is 7.26. The molecule has 3 heterocycles. The van der Waals surface area contributed by atoms with Crippen LogP contribution in [0.1, 0.15) is 70.1 Å². The van der Waals surface area contributed by atoms with E-state index in [1.807, 2.05) is 4.57 Å². The molecule has 1 aliphatic rings. The van der Waals surface area contributed by atoms with Crippen molar-refractivity contribution < 1.29 is 14.3 Å². The van der Waals surface area contributed by atoms with Crippen molar-refractivity contribution >= 4 is 30.7 Å². The van der Waals surface area contributed by atoms with Crippen molar-refractivity contribution in [3.05, 3.63) is 11.3 Å². The maximum atomic E-state index is 12.1. The lowest BCUT2D eigenvalue weighted by molar-refractivity contribution is -0.123. The SMILES string of the molecule is CCCCOc1nc(N)c2c(n1)c(CCCCN1CCCCC1C(C)=O)c(C#N)n2COCC[Si](C)(C)C. The van der Waals surface area contributed by atoms with E-state index in [0.717, 1.165) is 69.6 Å². The Bertz CT molecular complexity index is 1120. The van der Waals surface area contributed by atoms with Gasteiger partial charge in [0, 0.05) is 20.2 Å². The van der Waals surface area contributed by atoms with Crippen LogP contribution in [0.2, 0.25) is 25.7 Å². The molecule has 0 saturated carbocycles. The Kier molecular flexibility index (Phi) is 11.1. The van der Waals surface area contributed by atoms with Crippen molar-refractivity contribution in [1.82, 2.24) is 19.4 Å². The Morgan fingerprint density at radius 2 is 1.97 bits per heavy atom. The minimum atomic E-state index is -1.24. The molecular formula is C28H46N6O3Si. The minimum Gasteiger partial charge on any atom is -0.463 e. The van der Waals surface area contributed by atoms with E-state index in [1.165, 1.54) is 0 Å². The number of ether oxygens (including phenoxy) is 2. The molecule has 38 heavy (non-hydrogen) atoms. The number of nitriles is 1. The number of Topliss-reactive ketones (excluding diaryl/α,β-unsaturated/α-hetero) is 1. The number of nitrogens with two attached hydrogens (primary N) is 1. The van der Waals surface area contributed by atoms with Gasteiger partial charge in [-0.25, -0.2) is 0 Å². The van der Waals surface area contributed by atoms with E-state index in [4.69, 9.17) is 20.2 Å². The van der Waals surface area contributed by atoms with E-state index < -0.39 is 8.07 Å². The minimum absolute atomic E-state index is 0.0454. The zero-order valence-corrected chi connectivity index (χ0v) is 25.0. The van der Waals surface area contributed by atoms with Crippen molar-refractivity contribution in [1.29, 1.82) is 5.26 Å². The second-order valence-electron chi connectivity index (χ2n) is 11.6. The van der Waals surface area contributed by atoms with Gasteiger partial charge in [-0.15, -0.1) is 0 Å². The van der Waals surface area contributed by atoms with Crippen LogP contribution >= 0.6 is 0 Å². The molecule has 9 nitrogen and oxygen atoms in total. The Hall–Kier alpha value is -2.48. The highest BCUT2D eigenvalue weighted by Crippen LogP contribution is 2.31. The van der Waals surface area contributed by atoms with Crippen molar-refractivity contribution in [2.75, 3.05) is 32.0 Å². The number of carbonyl (C=O) groups is 1. The van der Waals surface area contributed by atoms with Gasteiger partial charge in [0.25, 0.3) is 0 Å². The summed E-state index contributed by atoms with van der Waals surface area (Å²) in [6.45, 7) is 14.0. The Balaban J connectivity index is 1.82. The fourth-order valence-corrected chi connectivity index (χ4v) is 5.81. The molecule has 0 amide bonds. The average Bonchev–Trinajstić information content (AvgIpc) is 3.17. The van der Waals surface area contributed by atoms with Crippen LogP contribution in [0.4, 0.5) is 5.82 Å². The van der Waals surface area contributed by atoms with Gasteiger partial charge in [-0.2, -0.15) is 15.2 Å². The van der Waals surface area contributed by atoms with Crippen molar-refractivity contribution in [3.8, 4) is 12.1 Å². The zero-order valence-electron chi connectivity index (χ0n) is 24.0. The van der Waals surface area contributed by atoms with Gasteiger partial charge in [-0.05, 0) is 64.6 Å². The molecule has 10 heteroatoms. The highest BCUT2D eigenvalue weighted by molar-refractivity contribution is 6.76. The maximum Gasteiger partial charge on any atom is 0.319 e. The van der Waals surface area contributed by atoms with Gasteiger partial charge in [0.2, 0.25) is 0 Å². The molecule has 2 aromatic heterocycles. The van der Waals surface area contributed by atoms with Crippen LogP contribution in [0.3, 0.4) is 0 Å². The van der Waals surface area contributed by atoms with Gasteiger partial charge >= 0.3 is 6.01 Å². The summed E-state index contributed by atoms with van der Waals surface area (Å²) in [6.07, 6.45) is 7.63. The molecule has 0 spiro atoms. The predicted octanol–water partition coefficient (Wildman–Crippen LogP) is 5.14. The number of fused-ring (bicyclic) bond motifs is 1. The molecule has 1 atom stereocenters. The quantitative estimate of drug-likeness (QED) is 0.243. The molecule has 1 fully saturated rings. The van der Waals surface area contributed by atoms with E-state index in [2.05, 4.69) is 42.5 Å². The van der Waals surface area contributed by atoms with Crippen molar-refractivity contribution in [2.45, 2.75) is 104 Å². The number of hydrogen-bond acceptors (Lipinski definition) is 8. The summed E-state index contributed by atoms with van der Waals surface area (Å²) < 4.78 is 13.6. The Morgan fingerprint density at radius 1 is 1.18 bits per heavy atom. The number of piperidine rings is 1. The first-order valence-electron chi connectivity index (χ1n) is 14.2. The summed E-state index contributed by atoms with van der Waals surface area (Å²) in [5.74, 6) is 0.562. The average molecular weight is 543 g/mol. The van der Waals surface area contributed by atoms with Crippen LogP contribution in [0, 0.1) is 11.3 Å². The number of rotatable bonds is 15. The van der Waals surface area contributed by atoms with Crippen LogP contribution < -0.4 is 10.5 Å². The van der Waals surface area contributed by atoms with Gasteiger partial charge in [0.1, 0.15) is 35.3 Å². The summed E-state index contributed by atoms with van der Waals surface area (Å²) in [5, 5.41) is 10.2. The van der Waals surface area contributed by atoms with Gasteiger partial charge in [0.15, 0.2) is 5.82 Å². The molecule has 1 unspecified atom stereocenters. The first-order chi connectivity index (χ1) is 18.2. The fraction of sp³-hybridized carbons (Fsp3) is 0.714. The van der Waals surface area contributed by atoms with Crippen molar-refractivity contribution in [2.24, 2.45) is 0 Å². The molecule has 0 aromatic carbocycles. The predicted molar refractivity (Wildman–Crippen MR) is 154 cm³/mol. The van der Waals surface area contributed by atoms with E-state index in [9.17, 15) is 10.1 Å². The molecule has 2 aromatic rings. The summed E-state index contributed by atoms with van der Waals surface area (Å²) in [6, 6.07) is 3.73. The summed E-state index contributed by atoms with van der Waals surface area (Å²) in [5.41, 5.74) is 9.13. The molecule has 0 aliphatic carbocycles. The monoisotopic (exact) mass is 542 g/mol. The van der Waals surface area contributed by atoms with E-state index in [1.54, 1.807) is 6.92 Å². The molecule has 3 rings (SSSR count). The molecule has 2 N–H and O–H groups in total. The molecule has 210 valence electrons. The summed E-state index contributed by atoms with van der Waals surface area (Å²) >= 11 is 0. The fourth-order valence-electron chi connectivity index (χ4n) is 5.05. The zero-order chi connectivity index (χ0) is 27.7. The van der Waals surface area contributed by atoms with E-state index in [0.29, 0.717) is 42.2 Å². The Labute approximate surface area is 228 Å². The number of aromatic nitrogens is 3. The number of hydrogen-bond donors (Lipinski definition) is 1. The lowest BCUT2D eigenvalue weighted by Crippen LogP contribution is -2.44. The normalized spacial score (nSPS) is 16.6.